The van der Waals surface area contributed by atoms with Crippen molar-refractivity contribution in [2.24, 2.45) is 23.7 Å². The van der Waals surface area contributed by atoms with Gasteiger partial charge in [0, 0.05) is 5.39 Å². The third-order valence-corrected chi connectivity index (χ3v) is 7.89. The van der Waals surface area contributed by atoms with E-state index in [1.54, 1.807) is 12.1 Å². The fraction of sp³-hybridized carbons (Fsp3) is 0.517. The van der Waals surface area contributed by atoms with Crippen LogP contribution in [-0.4, -0.2) is 6.61 Å². The molecule has 2 fully saturated rings. The zero-order valence-electron chi connectivity index (χ0n) is 18.8. The molecule has 0 unspecified atom stereocenters. The summed E-state index contributed by atoms with van der Waals surface area (Å²) in [4.78, 5) is 0. The minimum absolute atomic E-state index is 0.272. The van der Waals surface area contributed by atoms with Crippen molar-refractivity contribution in [2.45, 2.75) is 64.2 Å². The summed E-state index contributed by atoms with van der Waals surface area (Å²) in [6, 6.07) is 9.85. The minimum Gasteiger partial charge on any atom is -0.486 e. The molecule has 0 aromatic heterocycles. The van der Waals surface area contributed by atoms with Crippen LogP contribution in [0.25, 0.3) is 10.8 Å². The molecule has 0 bridgehead atoms. The average molecular weight is 421 g/mol. The molecule has 4 rings (SSSR count). The Morgan fingerprint density at radius 2 is 1.61 bits per heavy atom. The first-order valence-corrected chi connectivity index (χ1v) is 12.2. The summed E-state index contributed by atoms with van der Waals surface area (Å²) in [6.45, 7) is 7.92. The van der Waals surface area contributed by atoms with Crippen LogP contribution in [0.1, 0.15) is 63.4 Å². The second kappa shape index (κ2) is 10.5. The van der Waals surface area contributed by atoms with Crippen molar-refractivity contribution in [3.05, 3.63) is 67.0 Å². The monoisotopic (exact) mass is 420 g/mol. The van der Waals surface area contributed by atoms with Crippen molar-refractivity contribution in [1.82, 2.24) is 0 Å². The highest BCUT2D eigenvalue weighted by atomic mass is 19.1. The highest BCUT2D eigenvalue weighted by molar-refractivity contribution is 5.85. The van der Waals surface area contributed by atoms with Crippen molar-refractivity contribution in [2.75, 3.05) is 6.61 Å². The van der Waals surface area contributed by atoms with Crippen LogP contribution in [0.5, 0.6) is 5.75 Å². The zero-order valence-corrected chi connectivity index (χ0v) is 18.8. The number of allylic oxidation sites excluding steroid dienone is 1. The number of aryl methyl sites for hydroxylation is 1. The predicted octanol–water partition coefficient (Wildman–Crippen LogP) is 8.28. The summed E-state index contributed by atoms with van der Waals surface area (Å²) in [5.74, 6) is 3.58. The Kier molecular flexibility index (Phi) is 7.48. The molecule has 166 valence electrons. The topological polar surface area (TPSA) is 9.23 Å². The van der Waals surface area contributed by atoms with E-state index in [0.29, 0.717) is 17.7 Å². The molecular weight excluding hydrogens is 383 g/mol. The molecule has 2 heteroatoms. The molecule has 2 aromatic rings. The van der Waals surface area contributed by atoms with Gasteiger partial charge in [0.15, 0.2) is 11.6 Å². The van der Waals surface area contributed by atoms with Gasteiger partial charge in [0.25, 0.3) is 0 Å². The maximum absolute atomic E-state index is 14.7. The van der Waals surface area contributed by atoms with Crippen LogP contribution in [-0.2, 0) is 6.42 Å². The largest absolute Gasteiger partial charge is 0.486 e. The summed E-state index contributed by atoms with van der Waals surface area (Å²) in [7, 11) is 0. The predicted molar refractivity (Wildman–Crippen MR) is 129 cm³/mol. The van der Waals surface area contributed by atoms with Crippen LogP contribution in [0.3, 0.4) is 0 Å². The third kappa shape index (κ3) is 5.40. The number of rotatable bonds is 8. The van der Waals surface area contributed by atoms with E-state index in [4.69, 9.17) is 4.74 Å². The first kappa shape index (κ1) is 22.1. The number of halogens is 1. The van der Waals surface area contributed by atoms with Crippen molar-refractivity contribution < 1.29 is 9.13 Å². The maximum Gasteiger partial charge on any atom is 0.172 e. The normalized spacial score (nSPS) is 26.5. The Bertz CT molecular complexity index is 885. The zero-order chi connectivity index (χ0) is 21.6. The van der Waals surface area contributed by atoms with Gasteiger partial charge >= 0.3 is 0 Å². The van der Waals surface area contributed by atoms with E-state index in [9.17, 15) is 4.39 Å². The molecular formula is C29H37FO. The standard InChI is InChI=1S/C29H37FO/c1-3-19-31-28-18-16-26-20-23(11-17-27(26)29(28)30)6-5-22-9-14-25(15-10-22)24-12-7-21(4-2)8-13-24/h3-4,11,16-18,20-22,24-25H,1-2,5-10,12-15,19H2. The van der Waals surface area contributed by atoms with Gasteiger partial charge < -0.3 is 4.74 Å². The molecule has 1 nitrogen and oxygen atoms in total. The molecule has 2 aliphatic carbocycles. The van der Waals surface area contributed by atoms with Gasteiger partial charge in [0.1, 0.15) is 6.61 Å². The molecule has 2 aromatic carbocycles. The molecule has 0 heterocycles. The summed E-state index contributed by atoms with van der Waals surface area (Å²) in [5.41, 5.74) is 1.32. The van der Waals surface area contributed by atoms with Crippen LogP contribution in [0, 0.1) is 29.5 Å². The molecule has 0 amide bonds. The molecule has 2 saturated carbocycles. The van der Waals surface area contributed by atoms with E-state index in [1.165, 1.54) is 63.4 Å². The van der Waals surface area contributed by atoms with Crippen LogP contribution in [0.15, 0.2) is 55.6 Å². The lowest BCUT2D eigenvalue weighted by atomic mass is 9.68. The molecule has 0 aliphatic heterocycles. The molecule has 0 radical (unpaired) electrons. The van der Waals surface area contributed by atoms with E-state index in [-0.39, 0.29) is 5.82 Å². The van der Waals surface area contributed by atoms with Gasteiger partial charge in [-0.15, -0.1) is 6.58 Å². The average Bonchev–Trinajstić information content (AvgIpc) is 2.83. The Hall–Kier alpha value is -2.09. The van der Waals surface area contributed by atoms with Crippen molar-refractivity contribution in [3.63, 3.8) is 0 Å². The fourth-order valence-corrected chi connectivity index (χ4v) is 5.91. The van der Waals surface area contributed by atoms with Crippen molar-refractivity contribution in [1.29, 1.82) is 0 Å². The fourth-order valence-electron chi connectivity index (χ4n) is 5.91. The van der Waals surface area contributed by atoms with Gasteiger partial charge in [-0.1, -0.05) is 55.8 Å². The van der Waals surface area contributed by atoms with E-state index in [2.05, 4.69) is 31.4 Å². The first-order chi connectivity index (χ1) is 15.2. The smallest absolute Gasteiger partial charge is 0.172 e. The molecule has 0 atom stereocenters. The van der Waals surface area contributed by atoms with E-state index >= 15 is 0 Å². The number of benzene rings is 2. The lowest BCUT2D eigenvalue weighted by molar-refractivity contribution is 0.153. The lowest BCUT2D eigenvalue weighted by Gasteiger charge is -2.37. The number of fused-ring (bicyclic) bond motifs is 1. The van der Waals surface area contributed by atoms with Gasteiger partial charge in [-0.3, -0.25) is 0 Å². The molecule has 0 N–H and O–H groups in total. The molecule has 31 heavy (non-hydrogen) atoms. The molecule has 2 aliphatic rings. The van der Waals surface area contributed by atoms with E-state index < -0.39 is 0 Å². The quantitative estimate of drug-likeness (QED) is 0.390. The van der Waals surface area contributed by atoms with Gasteiger partial charge in [-0.05, 0) is 92.1 Å². The Morgan fingerprint density at radius 3 is 2.29 bits per heavy atom. The minimum atomic E-state index is -0.272. The van der Waals surface area contributed by atoms with Crippen molar-refractivity contribution >= 4 is 10.8 Å². The highest BCUT2D eigenvalue weighted by Crippen LogP contribution is 2.42. The van der Waals surface area contributed by atoms with Crippen LogP contribution in [0.4, 0.5) is 4.39 Å². The Morgan fingerprint density at radius 1 is 0.903 bits per heavy atom. The third-order valence-electron chi connectivity index (χ3n) is 7.89. The van der Waals surface area contributed by atoms with Crippen LogP contribution >= 0.6 is 0 Å². The number of hydrogen-bond donors (Lipinski definition) is 0. The van der Waals surface area contributed by atoms with Crippen LogP contribution < -0.4 is 4.74 Å². The molecule has 0 saturated heterocycles. The Balaban J connectivity index is 1.28. The Labute approximate surface area is 187 Å². The molecule has 0 spiro atoms. The number of ether oxygens (including phenoxy) is 1. The van der Waals surface area contributed by atoms with E-state index in [0.717, 1.165) is 35.5 Å². The lowest BCUT2D eigenvalue weighted by Crippen LogP contribution is -2.25. The summed E-state index contributed by atoms with van der Waals surface area (Å²) < 4.78 is 20.1. The van der Waals surface area contributed by atoms with Gasteiger partial charge in [-0.25, -0.2) is 4.39 Å². The second-order valence-electron chi connectivity index (χ2n) is 9.76. The van der Waals surface area contributed by atoms with Gasteiger partial charge in [0.2, 0.25) is 0 Å². The summed E-state index contributed by atoms with van der Waals surface area (Å²) in [6.07, 6.45) is 17.3. The van der Waals surface area contributed by atoms with Gasteiger partial charge in [0.05, 0.1) is 0 Å². The first-order valence-electron chi connectivity index (χ1n) is 12.2. The summed E-state index contributed by atoms with van der Waals surface area (Å²) in [5, 5.41) is 1.59. The maximum atomic E-state index is 14.7. The number of hydrogen-bond acceptors (Lipinski definition) is 1. The van der Waals surface area contributed by atoms with Gasteiger partial charge in [-0.2, -0.15) is 0 Å². The van der Waals surface area contributed by atoms with Crippen LogP contribution in [0.2, 0.25) is 0 Å². The van der Waals surface area contributed by atoms with Crippen molar-refractivity contribution in [3.8, 4) is 5.75 Å². The summed E-state index contributed by atoms with van der Waals surface area (Å²) >= 11 is 0. The second-order valence-corrected chi connectivity index (χ2v) is 9.76. The SMILES string of the molecule is C=CCOc1ccc2cc(CCC3CCC(C4CCC(C=C)CC4)CC3)ccc2c1F. The highest BCUT2D eigenvalue weighted by Gasteiger charge is 2.30. The van der Waals surface area contributed by atoms with E-state index in [1.807, 2.05) is 12.1 Å².